The number of carbonyl (C=O) groups excluding carboxylic acids is 1. The third-order valence-corrected chi connectivity index (χ3v) is 4.65. The molecule has 2 aliphatic rings. The maximum Gasteiger partial charge on any atom is 0.241 e. The maximum atomic E-state index is 12.8. The van der Waals surface area contributed by atoms with Crippen molar-refractivity contribution >= 4 is 11.6 Å². The van der Waals surface area contributed by atoms with Crippen LogP contribution in [-0.2, 0) is 14.3 Å². The Hall–Kier alpha value is -1.43. The number of hydrogen-bond acceptors (Lipinski definition) is 4. The van der Waals surface area contributed by atoms with E-state index in [1.807, 2.05) is 42.2 Å². The van der Waals surface area contributed by atoms with E-state index in [2.05, 4.69) is 4.90 Å². The second-order valence-electron chi connectivity index (χ2n) is 6.12. The Bertz CT molecular complexity index is 502. The molecular formula is C18H26N2O3. The third kappa shape index (κ3) is 3.91. The third-order valence-electron chi connectivity index (χ3n) is 4.65. The van der Waals surface area contributed by atoms with Crippen LogP contribution >= 0.6 is 0 Å². The van der Waals surface area contributed by atoms with Crippen molar-refractivity contribution in [3.05, 3.63) is 30.3 Å². The van der Waals surface area contributed by atoms with E-state index >= 15 is 0 Å². The second kappa shape index (κ2) is 7.90. The SMILES string of the molecule is CCN(C(=O)CN1CCCCC1C1OCCO1)c1ccccc1. The molecule has 2 heterocycles. The first-order valence-electron chi connectivity index (χ1n) is 8.62. The molecule has 0 aliphatic carbocycles. The summed E-state index contributed by atoms with van der Waals surface area (Å²) in [6.07, 6.45) is 3.17. The fourth-order valence-corrected chi connectivity index (χ4v) is 3.49. The van der Waals surface area contributed by atoms with Gasteiger partial charge < -0.3 is 14.4 Å². The molecule has 0 bridgehead atoms. The average molecular weight is 318 g/mol. The number of piperidine rings is 1. The van der Waals surface area contributed by atoms with Crippen LogP contribution in [0.3, 0.4) is 0 Å². The van der Waals surface area contributed by atoms with Crippen molar-refractivity contribution in [2.24, 2.45) is 0 Å². The summed E-state index contributed by atoms with van der Waals surface area (Å²) >= 11 is 0. The number of rotatable bonds is 5. The first kappa shape index (κ1) is 16.4. The van der Waals surface area contributed by atoms with Crippen molar-refractivity contribution in [1.82, 2.24) is 4.90 Å². The number of anilines is 1. The summed E-state index contributed by atoms with van der Waals surface area (Å²) < 4.78 is 11.4. The second-order valence-corrected chi connectivity index (χ2v) is 6.12. The molecule has 5 heteroatoms. The van der Waals surface area contributed by atoms with Crippen LogP contribution in [0.25, 0.3) is 0 Å². The molecule has 1 aromatic carbocycles. The molecule has 5 nitrogen and oxygen atoms in total. The van der Waals surface area contributed by atoms with Gasteiger partial charge in [0.25, 0.3) is 0 Å². The molecule has 1 unspecified atom stereocenters. The molecule has 126 valence electrons. The highest BCUT2D eigenvalue weighted by Crippen LogP contribution is 2.24. The highest BCUT2D eigenvalue weighted by Gasteiger charge is 2.35. The zero-order valence-corrected chi connectivity index (χ0v) is 13.8. The minimum atomic E-state index is -0.171. The van der Waals surface area contributed by atoms with Crippen LogP contribution in [0.2, 0.25) is 0 Å². The Morgan fingerprint density at radius 3 is 2.65 bits per heavy atom. The highest BCUT2D eigenvalue weighted by molar-refractivity contribution is 5.94. The van der Waals surface area contributed by atoms with Gasteiger partial charge in [-0.2, -0.15) is 0 Å². The summed E-state index contributed by atoms with van der Waals surface area (Å²) in [5, 5.41) is 0. The monoisotopic (exact) mass is 318 g/mol. The number of ether oxygens (including phenoxy) is 2. The zero-order valence-electron chi connectivity index (χ0n) is 13.8. The molecule has 0 N–H and O–H groups in total. The molecule has 1 atom stereocenters. The van der Waals surface area contributed by atoms with Gasteiger partial charge in [-0.15, -0.1) is 0 Å². The van der Waals surface area contributed by atoms with Gasteiger partial charge in [0.05, 0.1) is 25.8 Å². The number of amides is 1. The fraction of sp³-hybridized carbons (Fsp3) is 0.611. The van der Waals surface area contributed by atoms with E-state index in [1.54, 1.807) is 0 Å². The highest BCUT2D eigenvalue weighted by atomic mass is 16.7. The van der Waals surface area contributed by atoms with E-state index in [0.717, 1.165) is 25.1 Å². The Morgan fingerprint density at radius 1 is 1.22 bits per heavy atom. The number of likely N-dealkylation sites (tertiary alicyclic amines) is 1. The lowest BCUT2D eigenvalue weighted by Crippen LogP contribution is -2.51. The lowest BCUT2D eigenvalue weighted by atomic mass is 10.0. The van der Waals surface area contributed by atoms with E-state index in [-0.39, 0.29) is 18.2 Å². The molecule has 0 spiro atoms. The van der Waals surface area contributed by atoms with E-state index in [0.29, 0.717) is 26.3 Å². The van der Waals surface area contributed by atoms with Crippen LogP contribution in [0.15, 0.2) is 30.3 Å². The van der Waals surface area contributed by atoms with Gasteiger partial charge in [-0.05, 0) is 38.4 Å². The number of benzene rings is 1. The van der Waals surface area contributed by atoms with Crippen LogP contribution in [-0.4, -0.2) is 56.0 Å². The fourth-order valence-electron chi connectivity index (χ4n) is 3.49. The van der Waals surface area contributed by atoms with Gasteiger partial charge in [0, 0.05) is 12.2 Å². The summed E-state index contributed by atoms with van der Waals surface area (Å²) in [7, 11) is 0. The maximum absolute atomic E-state index is 12.8. The largest absolute Gasteiger partial charge is 0.349 e. The van der Waals surface area contributed by atoms with E-state index in [1.165, 1.54) is 6.42 Å². The van der Waals surface area contributed by atoms with E-state index in [4.69, 9.17) is 9.47 Å². The van der Waals surface area contributed by atoms with Crippen molar-refractivity contribution in [1.29, 1.82) is 0 Å². The molecule has 2 fully saturated rings. The van der Waals surface area contributed by atoms with Gasteiger partial charge in [0.2, 0.25) is 5.91 Å². The number of carbonyl (C=O) groups is 1. The molecule has 0 radical (unpaired) electrons. The Balaban J connectivity index is 1.66. The summed E-state index contributed by atoms with van der Waals surface area (Å²) in [6, 6.07) is 10.1. The quantitative estimate of drug-likeness (QED) is 0.835. The minimum absolute atomic E-state index is 0.142. The summed E-state index contributed by atoms with van der Waals surface area (Å²) in [5.74, 6) is 0.142. The van der Waals surface area contributed by atoms with Crippen LogP contribution < -0.4 is 4.90 Å². The van der Waals surface area contributed by atoms with Crippen molar-refractivity contribution in [3.63, 3.8) is 0 Å². The zero-order chi connectivity index (χ0) is 16.1. The number of hydrogen-bond donors (Lipinski definition) is 0. The van der Waals surface area contributed by atoms with Gasteiger partial charge in [-0.25, -0.2) is 0 Å². The first-order valence-corrected chi connectivity index (χ1v) is 8.62. The van der Waals surface area contributed by atoms with Gasteiger partial charge in [-0.1, -0.05) is 24.6 Å². The Morgan fingerprint density at radius 2 is 1.96 bits per heavy atom. The van der Waals surface area contributed by atoms with Crippen LogP contribution in [0.5, 0.6) is 0 Å². The van der Waals surface area contributed by atoms with Crippen LogP contribution in [0, 0.1) is 0 Å². The van der Waals surface area contributed by atoms with Crippen molar-refractivity contribution in [2.75, 3.05) is 37.7 Å². The first-order chi connectivity index (χ1) is 11.3. The summed E-state index contributed by atoms with van der Waals surface area (Å²) in [6.45, 7) is 5.38. The van der Waals surface area contributed by atoms with Crippen molar-refractivity contribution < 1.29 is 14.3 Å². The predicted octanol–water partition coefficient (Wildman–Crippen LogP) is 2.27. The lowest BCUT2D eigenvalue weighted by molar-refractivity contribution is -0.129. The minimum Gasteiger partial charge on any atom is -0.349 e. The standard InChI is InChI=1S/C18H26N2O3/c1-2-20(15-8-4-3-5-9-15)17(21)14-19-11-7-6-10-16(19)18-22-12-13-23-18/h3-5,8-9,16,18H,2,6-7,10-14H2,1H3. The summed E-state index contributed by atoms with van der Waals surface area (Å²) in [4.78, 5) is 16.9. The molecule has 2 saturated heterocycles. The van der Waals surface area contributed by atoms with Gasteiger partial charge >= 0.3 is 0 Å². The molecule has 3 rings (SSSR count). The molecule has 1 amide bonds. The van der Waals surface area contributed by atoms with Crippen molar-refractivity contribution in [3.8, 4) is 0 Å². The van der Waals surface area contributed by atoms with Gasteiger partial charge in [-0.3, -0.25) is 9.69 Å². The number of nitrogens with zero attached hydrogens (tertiary/aromatic N) is 2. The normalized spacial score (nSPS) is 23.1. The molecule has 1 aromatic rings. The van der Waals surface area contributed by atoms with Crippen molar-refractivity contribution in [2.45, 2.75) is 38.5 Å². The lowest BCUT2D eigenvalue weighted by Gasteiger charge is -2.38. The van der Waals surface area contributed by atoms with Gasteiger partial charge in [0.1, 0.15) is 0 Å². The van der Waals surface area contributed by atoms with E-state index < -0.39 is 0 Å². The Kier molecular flexibility index (Phi) is 5.65. The van der Waals surface area contributed by atoms with E-state index in [9.17, 15) is 4.79 Å². The van der Waals surface area contributed by atoms with Gasteiger partial charge in [0.15, 0.2) is 6.29 Å². The molecule has 0 saturated carbocycles. The molecule has 2 aliphatic heterocycles. The summed E-state index contributed by atoms with van der Waals surface area (Å²) in [5.41, 5.74) is 0.960. The smallest absolute Gasteiger partial charge is 0.241 e. The number of likely N-dealkylation sites (N-methyl/N-ethyl adjacent to an activating group) is 1. The molecular weight excluding hydrogens is 292 g/mol. The Labute approximate surface area is 138 Å². The topological polar surface area (TPSA) is 42.0 Å². The molecule has 23 heavy (non-hydrogen) atoms. The molecule has 0 aromatic heterocycles. The average Bonchev–Trinajstić information content (AvgIpc) is 3.11. The van der Waals surface area contributed by atoms with Crippen LogP contribution in [0.4, 0.5) is 5.69 Å². The predicted molar refractivity (Wildman–Crippen MR) is 89.4 cm³/mol. The number of para-hydroxylation sites is 1. The van der Waals surface area contributed by atoms with Crippen LogP contribution in [0.1, 0.15) is 26.2 Å².